The van der Waals surface area contributed by atoms with Gasteiger partial charge in [0.2, 0.25) is 0 Å². The SMILES string of the molecule is CCCOc1ccc(-c2nc(C(=O)NCC(C)CN)cs2)cc1.Cl. The highest BCUT2D eigenvalue weighted by atomic mass is 35.5. The molecule has 132 valence electrons. The fourth-order valence-electron chi connectivity index (χ4n) is 1.87. The van der Waals surface area contributed by atoms with Crippen molar-refractivity contribution in [3.8, 4) is 16.3 Å². The molecule has 0 aliphatic rings. The van der Waals surface area contributed by atoms with E-state index < -0.39 is 0 Å². The van der Waals surface area contributed by atoms with Crippen LogP contribution in [0.4, 0.5) is 0 Å². The van der Waals surface area contributed by atoms with Gasteiger partial charge in [0.05, 0.1) is 6.61 Å². The first-order valence-corrected chi connectivity index (χ1v) is 8.69. The Bertz CT molecular complexity index is 631. The summed E-state index contributed by atoms with van der Waals surface area (Å²) in [6.45, 7) is 5.89. The van der Waals surface area contributed by atoms with Crippen LogP contribution in [-0.2, 0) is 0 Å². The summed E-state index contributed by atoms with van der Waals surface area (Å²) >= 11 is 1.46. The minimum Gasteiger partial charge on any atom is -0.494 e. The maximum absolute atomic E-state index is 12.1. The molecule has 1 unspecified atom stereocenters. The van der Waals surface area contributed by atoms with Gasteiger partial charge in [0, 0.05) is 17.5 Å². The van der Waals surface area contributed by atoms with E-state index in [2.05, 4.69) is 17.2 Å². The summed E-state index contributed by atoms with van der Waals surface area (Å²) in [6, 6.07) is 7.77. The van der Waals surface area contributed by atoms with Crippen LogP contribution in [0.3, 0.4) is 0 Å². The van der Waals surface area contributed by atoms with E-state index >= 15 is 0 Å². The van der Waals surface area contributed by atoms with Crippen molar-refractivity contribution in [3.05, 3.63) is 35.3 Å². The van der Waals surface area contributed by atoms with Gasteiger partial charge < -0.3 is 15.8 Å². The van der Waals surface area contributed by atoms with E-state index in [0.717, 1.165) is 22.7 Å². The number of thiazole rings is 1. The molecule has 1 aromatic heterocycles. The molecule has 2 rings (SSSR count). The van der Waals surface area contributed by atoms with E-state index in [4.69, 9.17) is 10.5 Å². The summed E-state index contributed by atoms with van der Waals surface area (Å²) in [5, 5.41) is 5.45. The zero-order chi connectivity index (χ0) is 16.7. The van der Waals surface area contributed by atoms with Gasteiger partial charge in [-0.25, -0.2) is 4.98 Å². The molecule has 3 N–H and O–H groups in total. The molecule has 0 bridgehead atoms. The summed E-state index contributed by atoms with van der Waals surface area (Å²) in [7, 11) is 0. The lowest BCUT2D eigenvalue weighted by atomic mass is 10.2. The standard InChI is InChI=1S/C17H23N3O2S.ClH/c1-3-8-22-14-6-4-13(5-7-14)17-20-15(11-23-17)16(21)19-10-12(2)9-18;/h4-7,11-12H,3,8-10,18H2,1-2H3,(H,19,21);1H. The summed E-state index contributed by atoms with van der Waals surface area (Å²) in [5.74, 6) is 0.948. The molecular weight excluding hydrogens is 346 g/mol. The van der Waals surface area contributed by atoms with Crippen LogP contribution in [0.15, 0.2) is 29.6 Å². The number of nitrogens with two attached hydrogens (primary N) is 1. The number of amides is 1. The molecule has 0 aliphatic heterocycles. The number of benzene rings is 1. The van der Waals surface area contributed by atoms with Gasteiger partial charge in [-0.2, -0.15) is 0 Å². The van der Waals surface area contributed by atoms with Gasteiger partial charge in [0.25, 0.3) is 5.91 Å². The van der Waals surface area contributed by atoms with Crippen LogP contribution in [0.1, 0.15) is 30.8 Å². The molecule has 5 nitrogen and oxygen atoms in total. The van der Waals surface area contributed by atoms with Crippen molar-refractivity contribution in [1.82, 2.24) is 10.3 Å². The highest BCUT2D eigenvalue weighted by molar-refractivity contribution is 7.13. The Kier molecular flexibility index (Phi) is 8.74. The van der Waals surface area contributed by atoms with Crippen LogP contribution in [0.25, 0.3) is 10.6 Å². The van der Waals surface area contributed by atoms with Crippen molar-refractivity contribution < 1.29 is 9.53 Å². The van der Waals surface area contributed by atoms with Gasteiger partial charge in [-0.05, 0) is 43.1 Å². The van der Waals surface area contributed by atoms with Crippen LogP contribution >= 0.6 is 23.7 Å². The van der Waals surface area contributed by atoms with E-state index in [1.165, 1.54) is 11.3 Å². The van der Waals surface area contributed by atoms with Crippen LogP contribution in [0.5, 0.6) is 5.75 Å². The van der Waals surface area contributed by atoms with Crippen molar-refractivity contribution in [2.75, 3.05) is 19.7 Å². The van der Waals surface area contributed by atoms with Crippen LogP contribution in [-0.4, -0.2) is 30.6 Å². The van der Waals surface area contributed by atoms with E-state index in [0.29, 0.717) is 25.4 Å². The number of nitrogens with one attached hydrogen (secondary N) is 1. The third-order valence-corrected chi connectivity index (χ3v) is 4.22. The van der Waals surface area contributed by atoms with Crippen molar-refractivity contribution in [2.24, 2.45) is 11.7 Å². The van der Waals surface area contributed by atoms with Crippen molar-refractivity contribution >= 4 is 29.7 Å². The fourth-order valence-corrected chi connectivity index (χ4v) is 2.67. The third kappa shape index (κ3) is 5.78. The minimum atomic E-state index is -0.157. The lowest BCUT2D eigenvalue weighted by Gasteiger charge is -2.08. The van der Waals surface area contributed by atoms with Gasteiger partial charge in [0.15, 0.2) is 0 Å². The molecule has 0 saturated heterocycles. The van der Waals surface area contributed by atoms with Crippen molar-refractivity contribution in [3.63, 3.8) is 0 Å². The number of hydrogen-bond donors (Lipinski definition) is 2. The number of carbonyl (C=O) groups is 1. The predicted molar refractivity (Wildman–Crippen MR) is 101 cm³/mol. The molecule has 0 spiro atoms. The Morgan fingerprint density at radius 3 is 2.71 bits per heavy atom. The highest BCUT2D eigenvalue weighted by Crippen LogP contribution is 2.25. The first-order valence-electron chi connectivity index (χ1n) is 7.81. The quantitative estimate of drug-likeness (QED) is 0.748. The number of hydrogen-bond acceptors (Lipinski definition) is 5. The normalized spacial score (nSPS) is 11.5. The van der Waals surface area contributed by atoms with Gasteiger partial charge in [-0.3, -0.25) is 4.79 Å². The summed E-state index contributed by atoms with van der Waals surface area (Å²) in [5.41, 5.74) is 6.97. The first kappa shape index (κ1) is 20.4. The Morgan fingerprint density at radius 2 is 2.08 bits per heavy atom. The second-order valence-electron chi connectivity index (χ2n) is 5.46. The Morgan fingerprint density at radius 1 is 1.38 bits per heavy atom. The van der Waals surface area contributed by atoms with Gasteiger partial charge in [0.1, 0.15) is 16.5 Å². The molecule has 0 aliphatic carbocycles. The van der Waals surface area contributed by atoms with Gasteiger partial charge in [-0.1, -0.05) is 13.8 Å². The van der Waals surface area contributed by atoms with E-state index in [1.807, 2.05) is 31.2 Å². The molecule has 0 fully saturated rings. The zero-order valence-corrected chi connectivity index (χ0v) is 15.6. The van der Waals surface area contributed by atoms with E-state index in [1.54, 1.807) is 5.38 Å². The second kappa shape index (κ2) is 10.3. The summed E-state index contributed by atoms with van der Waals surface area (Å²) < 4.78 is 5.56. The monoisotopic (exact) mass is 369 g/mol. The maximum Gasteiger partial charge on any atom is 0.270 e. The van der Waals surface area contributed by atoms with Crippen molar-refractivity contribution in [1.29, 1.82) is 0 Å². The lowest BCUT2D eigenvalue weighted by molar-refractivity contribution is 0.0944. The Balaban J connectivity index is 0.00000288. The minimum absolute atomic E-state index is 0. The number of aromatic nitrogens is 1. The predicted octanol–water partition coefficient (Wildman–Crippen LogP) is 3.35. The highest BCUT2D eigenvalue weighted by Gasteiger charge is 2.12. The molecule has 7 heteroatoms. The fraction of sp³-hybridized carbons (Fsp3) is 0.412. The third-order valence-electron chi connectivity index (χ3n) is 3.32. The molecule has 1 amide bonds. The first-order chi connectivity index (χ1) is 11.1. The van der Waals surface area contributed by atoms with Crippen LogP contribution in [0.2, 0.25) is 0 Å². The molecule has 0 saturated carbocycles. The van der Waals surface area contributed by atoms with E-state index in [9.17, 15) is 4.79 Å². The Labute approximate surface area is 153 Å². The second-order valence-corrected chi connectivity index (χ2v) is 6.32. The topological polar surface area (TPSA) is 77.2 Å². The maximum atomic E-state index is 12.1. The lowest BCUT2D eigenvalue weighted by Crippen LogP contribution is -2.31. The molecule has 1 atom stereocenters. The van der Waals surface area contributed by atoms with Crippen LogP contribution in [0, 0.1) is 5.92 Å². The molecule has 1 heterocycles. The molecule has 2 aromatic rings. The number of halogens is 1. The zero-order valence-electron chi connectivity index (χ0n) is 14.0. The number of carbonyl (C=O) groups excluding carboxylic acids is 1. The summed E-state index contributed by atoms with van der Waals surface area (Å²) in [4.78, 5) is 16.5. The number of rotatable bonds is 8. The smallest absolute Gasteiger partial charge is 0.270 e. The molecule has 0 radical (unpaired) electrons. The molecule has 1 aromatic carbocycles. The average molecular weight is 370 g/mol. The molecule has 24 heavy (non-hydrogen) atoms. The van der Waals surface area contributed by atoms with Gasteiger partial charge >= 0.3 is 0 Å². The van der Waals surface area contributed by atoms with Crippen molar-refractivity contribution in [2.45, 2.75) is 20.3 Å². The Hall–Kier alpha value is -1.63. The summed E-state index contributed by atoms with van der Waals surface area (Å²) in [6.07, 6.45) is 0.982. The van der Waals surface area contributed by atoms with Gasteiger partial charge in [-0.15, -0.1) is 23.7 Å². The number of nitrogens with zero attached hydrogens (tertiary/aromatic N) is 1. The largest absolute Gasteiger partial charge is 0.494 e. The molecular formula is C17H24ClN3O2S. The van der Waals surface area contributed by atoms with Crippen LogP contribution < -0.4 is 15.8 Å². The van der Waals surface area contributed by atoms with E-state index in [-0.39, 0.29) is 24.2 Å². The number of ether oxygens (including phenoxy) is 1. The average Bonchev–Trinajstić information content (AvgIpc) is 3.08.